The molecule has 0 saturated heterocycles. The Hall–Kier alpha value is -1.31. The summed E-state index contributed by atoms with van der Waals surface area (Å²) in [6.07, 6.45) is 3.32. The van der Waals surface area contributed by atoms with Gasteiger partial charge in [-0.1, -0.05) is 57.0 Å². The Morgan fingerprint density at radius 3 is 2.47 bits per heavy atom. The van der Waals surface area contributed by atoms with Crippen LogP contribution in [0.15, 0.2) is 30.3 Å². The van der Waals surface area contributed by atoms with Gasteiger partial charge in [-0.25, -0.2) is 0 Å². The number of hydrogen-bond donors (Lipinski definition) is 1. The van der Waals surface area contributed by atoms with Gasteiger partial charge in [-0.3, -0.25) is 4.79 Å². The van der Waals surface area contributed by atoms with Crippen LogP contribution in [0.1, 0.15) is 51.0 Å². The Balaban J connectivity index is 2.57. The Kier molecular flexibility index (Phi) is 5.75. The highest BCUT2D eigenvalue weighted by Crippen LogP contribution is 2.27. The number of benzene rings is 1. The van der Waals surface area contributed by atoms with Gasteiger partial charge in [0.05, 0.1) is 0 Å². The van der Waals surface area contributed by atoms with Crippen LogP contribution in [0.2, 0.25) is 0 Å². The zero-order valence-electron chi connectivity index (χ0n) is 10.7. The number of carboxylic acids is 1. The second kappa shape index (κ2) is 7.10. The van der Waals surface area contributed by atoms with Crippen LogP contribution in [-0.4, -0.2) is 11.1 Å². The van der Waals surface area contributed by atoms with E-state index in [1.165, 1.54) is 5.56 Å². The molecule has 0 spiro atoms. The summed E-state index contributed by atoms with van der Waals surface area (Å²) in [6.45, 7) is 4.29. The van der Waals surface area contributed by atoms with Gasteiger partial charge < -0.3 is 5.11 Å². The van der Waals surface area contributed by atoms with Gasteiger partial charge in [0.2, 0.25) is 0 Å². The minimum atomic E-state index is -0.677. The fraction of sp³-hybridized carbons (Fsp3) is 0.533. The molecule has 0 fully saturated rings. The van der Waals surface area contributed by atoms with Gasteiger partial charge in [0, 0.05) is 6.42 Å². The maximum absolute atomic E-state index is 10.8. The first-order valence-corrected chi connectivity index (χ1v) is 6.40. The average molecular weight is 234 g/mol. The summed E-state index contributed by atoms with van der Waals surface area (Å²) in [5.41, 5.74) is 1.30. The first-order valence-electron chi connectivity index (χ1n) is 6.40. The number of aliphatic carboxylic acids is 1. The first-order chi connectivity index (χ1) is 8.13. The summed E-state index contributed by atoms with van der Waals surface area (Å²) in [6, 6.07) is 10.3. The lowest BCUT2D eigenvalue weighted by Gasteiger charge is -2.19. The lowest BCUT2D eigenvalue weighted by molar-refractivity contribution is -0.138. The Morgan fingerprint density at radius 2 is 1.94 bits per heavy atom. The summed E-state index contributed by atoms with van der Waals surface area (Å²) in [4.78, 5) is 10.8. The quantitative estimate of drug-likeness (QED) is 0.772. The Labute approximate surface area is 104 Å². The largest absolute Gasteiger partial charge is 0.481 e. The molecule has 0 aliphatic heterocycles. The van der Waals surface area contributed by atoms with Gasteiger partial charge in [-0.15, -0.1) is 0 Å². The molecule has 2 unspecified atom stereocenters. The summed E-state index contributed by atoms with van der Waals surface area (Å²) >= 11 is 0. The van der Waals surface area contributed by atoms with E-state index < -0.39 is 5.97 Å². The van der Waals surface area contributed by atoms with E-state index in [2.05, 4.69) is 26.0 Å². The van der Waals surface area contributed by atoms with Gasteiger partial charge in [-0.2, -0.15) is 0 Å². The molecule has 0 aliphatic carbocycles. The van der Waals surface area contributed by atoms with E-state index in [9.17, 15) is 4.79 Å². The summed E-state index contributed by atoms with van der Waals surface area (Å²) in [5.74, 6) is 0.0588. The highest BCUT2D eigenvalue weighted by molar-refractivity contribution is 5.67. The maximum Gasteiger partial charge on any atom is 0.303 e. The third kappa shape index (κ3) is 5.03. The normalized spacial score (nSPS) is 14.2. The van der Waals surface area contributed by atoms with Crippen molar-refractivity contribution in [1.29, 1.82) is 0 Å². The monoisotopic (exact) mass is 234 g/mol. The molecule has 1 rings (SSSR count). The van der Waals surface area contributed by atoms with E-state index in [0.717, 1.165) is 19.3 Å². The molecule has 2 atom stereocenters. The zero-order chi connectivity index (χ0) is 12.7. The molecule has 17 heavy (non-hydrogen) atoms. The molecule has 0 amide bonds. The Bertz CT molecular complexity index is 332. The van der Waals surface area contributed by atoms with E-state index in [1.807, 2.05) is 18.2 Å². The molecule has 0 radical (unpaired) electrons. The van der Waals surface area contributed by atoms with Crippen LogP contribution in [0.3, 0.4) is 0 Å². The topological polar surface area (TPSA) is 37.3 Å². The molecule has 0 saturated carbocycles. The molecule has 1 aromatic rings. The smallest absolute Gasteiger partial charge is 0.303 e. The third-order valence-electron chi connectivity index (χ3n) is 3.22. The van der Waals surface area contributed by atoms with Crippen molar-refractivity contribution < 1.29 is 9.90 Å². The van der Waals surface area contributed by atoms with Crippen molar-refractivity contribution in [3.63, 3.8) is 0 Å². The van der Waals surface area contributed by atoms with Crippen LogP contribution in [0.5, 0.6) is 0 Å². The van der Waals surface area contributed by atoms with Crippen molar-refractivity contribution in [1.82, 2.24) is 0 Å². The van der Waals surface area contributed by atoms with E-state index >= 15 is 0 Å². The molecule has 1 aromatic carbocycles. The summed E-state index contributed by atoms with van der Waals surface area (Å²) in [7, 11) is 0. The molecule has 0 bridgehead atoms. The second-order valence-electron chi connectivity index (χ2n) is 4.80. The minimum Gasteiger partial charge on any atom is -0.481 e. The van der Waals surface area contributed by atoms with Gasteiger partial charge in [0.15, 0.2) is 0 Å². The van der Waals surface area contributed by atoms with Crippen LogP contribution in [0, 0.1) is 5.92 Å². The highest BCUT2D eigenvalue weighted by atomic mass is 16.4. The van der Waals surface area contributed by atoms with Crippen molar-refractivity contribution in [3.05, 3.63) is 35.9 Å². The van der Waals surface area contributed by atoms with E-state index in [4.69, 9.17) is 5.11 Å². The van der Waals surface area contributed by atoms with E-state index in [0.29, 0.717) is 18.3 Å². The van der Waals surface area contributed by atoms with Gasteiger partial charge in [0.25, 0.3) is 0 Å². The van der Waals surface area contributed by atoms with Crippen molar-refractivity contribution in [2.45, 2.75) is 45.4 Å². The molecule has 2 nitrogen and oxygen atoms in total. The number of rotatable bonds is 7. The van der Waals surface area contributed by atoms with Crippen LogP contribution in [0.25, 0.3) is 0 Å². The zero-order valence-corrected chi connectivity index (χ0v) is 10.7. The predicted molar refractivity (Wildman–Crippen MR) is 70.1 cm³/mol. The van der Waals surface area contributed by atoms with Gasteiger partial charge in [-0.05, 0) is 23.8 Å². The highest BCUT2D eigenvalue weighted by Gasteiger charge is 2.16. The van der Waals surface area contributed by atoms with Gasteiger partial charge >= 0.3 is 5.97 Å². The lowest BCUT2D eigenvalue weighted by Crippen LogP contribution is -2.11. The number of carbonyl (C=O) groups is 1. The molecule has 94 valence electrons. The molecular weight excluding hydrogens is 212 g/mol. The standard InChI is InChI=1S/C15H22O2/c1-3-7-13(11-15(16)17)10-12(2)14-8-5-4-6-9-14/h4-6,8-9,12-13H,3,7,10-11H2,1-2H3,(H,16,17). The van der Waals surface area contributed by atoms with Crippen LogP contribution in [-0.2, 0) is 4.79 Å². The fourth-order valence-corrected chi connectivity index (χ4v) is 2.38. The fourth-order valence-electron chi connectivity index (χ4n) is 2.38. The van der Waals surface area contributed by atoms with Gasteiger partial charge in [0.1, 0.15) is 0 Å². The SMILES string of the molecule is CCCC(CC(=O)O)CC(C)c1ccccc1. The predicted octanol–water partition coefficient (Wildman–Crippen LogP) is 4.07. The molecule has 0 aliphatic rings. The lowest BCUT2D eigenvalue weighted by atomic mass is 9.86. The number of hydrogen-bond acceptors (Lipinski definition) is 1. The van der Waals surface area contributed by atoms with E-state index in [-0.39, 0.29) is 0 Å². The Morgan fingerprint density at radius 1 is 1.29 bits per heavy atom. The molecule has 2 heteroatoms. The minimum absolute atomic E-state index is 0.297. The molecular formula is C15H22O2. The summed E-state index contributed by atoms with van der Waals surface area (Å²) < 4.78 is 0. The van der Waals surface area contributed by atoms with Crippen molar-refractivity contribution in [3.8, 4) is 0 Å². The second-order valence-corrected chi connectivity index (χ2v) is 4.80. The summed E-state index contributed by atoms with van der Waals surface area (Å²) in [5, 5.41) is 8.89. The van der Waals surface area contributed by atoms with Crippen LogP contribution in [0.4, 0.5) is 0 Å². The molecule has 1 N–H and O–H groups in total. The number of carboxylic acid groups (broad SMARTS) is 1. The van der Waals surface area contributed by atoms with Crippen LogP contribution < -0.4 is 0 Å². The van der Waals surface area contributed by atoms with Crippen molar-refractivity contribution >= 4 is 5.97 Å². The molecule has 0 aromatic heterocycles. The van der Waals surface area contributed by atoms with Crippen molar-refractivity contribution in [2.75, 3.05) is 0 Å². The third-order valence-corrected chi connectivity index (χ3v) is 3.22. The van der Waals surface area contributed by atoms with Crippen LogP contribution >= 0.6 is 0 Å². The average Bonchev–Trinajstić information content (AvgIpc) is 2.29. The van der Waals surface area contributed by atoms with Crippen molar-refractivity contribution in [2.24, 2.45) is 5.92 Å². The first kappa shape index (κ1) is 13.8. The maximum atomic E-state index is 10.8. The van der Waals surface area contributed by atoms with E-state index in [1.54, 1.807) is 0 Å². The molecule has 0 heterocycles.